The summed E-state index contributed by atoms with van der Waals surface area (Å²) in [6, 6.07) is 4.60. The molecule has 1 saturated carbocycles. The van der Waals surface area contributed by atoms with Crippen LogP contribution in [0, 0.1) is 6.92 Å². The molecule has 8 nitrogen and oxygen atoms in total. The van der Waals surface area contributed by atoms with E-state index in [4.69, 9.17) is 4.74 Å². The molecule has 35 heavy (non-hydrogen) atoms. The normalized spacial score (nSPS) is 19.8. The van der Waals surface area contributed by atoms with Gasteiger partial charge >= 0.3 is 0 Å². The number of anilines is 1. The number of H-pyrrole nitrogens is 1. The van der Waals surface area contributed by atoms with Crippen LogP contribution in [-0.4, -0.2) is 84.3 Å². The average Bonchev–Trinajstić information content (AvgIpc) is 3.66. The Kier molecular flexibility index (Phi) is 7.29. The van der Waals surface area contributed by atoms with Crippen molar-refractivity contribution in [2.24, 2.45) is 0 Å². The second-order valence-electron chi connectivity index (χ2n) is 9.58. The third-order valence-corrected chi connectivity index (χ3v) is 8.29. The number of fused-ring (bicyclic) bond motifs is 2. The van der Waals surface area contributed by atoms with Gasteiger partial charge in [0.1, 0.15) is 10.2 Å². The number of benzene rings is 1. The fourth-order valence-corrected chi connectivity index (χ4v) is 6.26. The highest BCUT2D eigenvalue weighted by molar-refractivity contribution is 7.12. The molecule has 3 fully saturated rings. The van der Waals surface area contributed by atoms with E-state index in [1.807, 2.05) is 19.9 Å². The van der Waals surface area contributed by atoms with E-state index < -0.39 is 0 Å². The lowest BCUT2D eigenvalue weighted by molar-refractivity contribution is 0.0331. The minimum Gasteiger partial charge on any atom is -0.379 e. The van der Waals surface area contributed by atoms with E-state index in [9.17, 15) is 9.59 Å². The number of rotatable bonds is 5. The van der Waals surface area contributed by atoms with Gasteiger partial charge in [-0.3, -0.25) is 23.8 Å². The molecule has 0 atom stereocenters. The monoisotopic (exact) mass is 499 g/mol. The van der Waals surface area contributed by atoms with Gasteiger partial charge < -0.3 is 14.2 Å². The molecular formula is C26H37N5O3S. The van der Waals surface area contributed by atoms with Crippen molar-refractivity contribution >= 4 is 38.3 Å². The van der Waals surface area contributed by atoms with Crippen LogP contribution >= 0.6 is 11.5 Å². The molecule has 3 aromatic rings. The van der Waals surface area contributed by atoms with E-state index in [1.54, 1.807) is 0 Å². The SMILES string of the molecule is CC.Cc1cc2c(=O)c3c(=O)[nH]sc3n(C3CC3)c2cc1N1CCN(CCN2CCOCC2)CC1. The highest BCUT2D eigenvalue weighted by Crippen LogP contribution is 2.40. The second-order valence-corrected chi connectivity index (χ2v) is 10.4. The fourth-order valence-electron chi connectivity index (χ4n) is 5.33. The van der Waals surface area contributed by atoms with Gasteiger partial charge in [-0.2, -0.15) is 0 Å². The van der Waals surface area contributed by atoms with Gasteiger partial charge in [-0.1, -0.05) is 13.8 Å². The Morgan fingerprint density at radius 1 is 0.971 bits per heavy atom. The summed E-state index contributed by atoms with van der Waals surface area (Å²) in [5.41, 5.74) is 2.90. The molecule has 190 valence electrons. The maximum absolute atomic E-state index is 13.2. The number of morpholine rings is 1. The summed E-state index contributed by atoms with van der Waals surface area (Å²) in [5, 5.41) is 0.990. The van der Waals surface area contributed by atoms with Gasteiger partial charge in [0.25, 0.3) is 5.56 Å². The molecule has 0 amide bonds. The van der Waals surface area contributed by atoms with Crippen molar-refractivity contribution < 1.29 is 4.74 Å². The van der Waals surface area contributed by atoms with Crippen molar-refractivity contribution in [3.05, 3.63) is 38.3 Å². The van der Waals surface area contributed by atoms with Gasteiger partial charge in [-0.05, 0) is 49.0 Å². The Morgan fingerprint density at radius 3 is 2.29 bits per heavy atom. The van der Waals surface area contributed by atoms with Crippen molar-refractivity contribution in [3.8, 4) is 0 Å². The minimum atomic E-state index is -0.258. The summed E-state index contributed by atoms with van der Waals surface area (Å²) in [6.45, 7) is 16.2. The summed E-state index contributed by atoms with van der Waals surface area (Å²) in [4.78, 5) is 33.8. The molecule has 0 spiro atoms. The molecule has 1 N–H and O–H groups in total. The van der Waals surface area contributed by atoms with Crippen LogP contribution in [0.2, 0.25) is 0 Å². The Morgan fingerprint density at radius 2 is 1.63 bits per heavy atom. The zero-order valence-corrected chi connectivity index (χ0v) is 22.0. The van der Waals surface area contributed by atoms with Crippen LogP contribution in [0.5, 0.6) is 0 Å². The van der Waals surface area contributed by atoms with Crippen molar-refractivity contribution in [2.75, 3.05) is 70.5 Å². The number of hydrogen-bond donors (Lipinski definition) is 1. The van der Waals surface area contributed by atoms with Crippen molar-refractivity contribution in [1.29, 1.82) is 0 Å². The summed E-state index contributed by atoms with van der Waals surface area (Å²) in [7, 11) is 0. The molecule has 4 heterocycles. The van der Waals surface area contributed by atoms with E-state index in [2.05, 4.69) is 36.6 Å². The number of aryl methyl sites for hydroxylation is 1. The summed E-state index contributed by atoms with van der Waals surface area (Å²) >= 11 is 1.29. The zero-order valence-electron chi connectivity index (χ0n) is 21.1. The van der Waals surface area contributed by atoms with Gasteiger partial charge in [-0.25, -0.2) is 0 Å². The first kappa shape index (κ1) is 24.5. The van der Waals surface area contributed by atoms with Gasteiger partial charge in [0, 0.05) is 69.5 Å². The Balaban J connectivity index is 0.00000124. The maximum atomic E-state index is 13.2. The highest BCUT2D eigenvalue weighted by Gasteiger charge is 2.29. The van der Waals surface area contributed by atoms with Crippen LogP contribution in [0.15, 0.2) is 21.7 Å². The van der Waals surface area contributed by atoms with Crippen molar-refractivity contribution in [2.45, 2.75) is 39.7 Å². The Labute approximate surface area is 210 Å². The molecule has 0 unspecified atom stereocenters. The van der Waals surface area contributed by atoms with Crippen LogP contribution in [0.4, 0.5) is 5.69 Å². The third-order valence-electron chi connectivity index (χ3n) is 7.41. The topological polar surface area (TPSA) is 73.8 Å². The van der Waals surface area contributed by atoms with Gasteiger partial charge in [0.15, 0.2) is 0 Å². The molecular weight excluding hydrogens is 462 g/mol. The summed E-state index contributed by atoms with van der Waals surface area (Å²) < 4.78 is 10.5. The standard InChI is InChI=1S/C24H31N5O3S.C2H6/c1-16-14-18-20(29(17-2-3-17)24-21(22(18)30)23(31)25-33-24)15-19(16)28-8-6-26(7-9-28)4-5-27-10-12-32-13-11-27;1-2/h14-15,17H,2-13H2,1H3,(H,25,31);1-2H3. The molecule has 2 aromatic heterocycles. The fraction of sp³-hybridized carbons (Fsp3) is 0.615. The third kappa shape index (κ3) is 4.79. The summed E-state index contributed by atoms with van der Waals surface area (Å²) in [5.74, 6) is 0. The maximum Gasteiger partial charge on any atom is 0.271 e. The Hall–Kier alpha value is -2.20. The molecule has 2 aliphatic heterocycles. The lowest BCUT2D eigenvalue weighted by atomic mass is 10.1. The van der Waals surface area contributed by atoms with E-state index in [0.717, 1.165) is 94.3 Å². The molecule has 0 bridgehead atoms. The zero-order chi connectivity index (χ0) is 24.5. The first-order valence-electron chi connectivity index (χ1n) is 13.1. The van der Waals surface area contributed by atoms with Crippen LogP contribution in [0.25, 0.3) is 21.1 Å². The number of ether oxygens (including phenoxy) is 1. The first-order chi connectivity index (χ1) is 17.1. The number of hydrogen-bond acceptors (Lipinski definition) is 7. The molecule has 1 aromatic carbocycles. The van der Waals surface area contributed by atoms with Crippen LogP contribution in [-0.2, 0) is 4.74 Å². The largest absolute Gasteiger partial charge is 0.379 e. The summed E-state index contributed by atoms with van der Waals surface area (Å²) in [6.07, 6.45) is 2.20. The van der Waals surface area contributed by atoms with Gasteiger partial charge in [-0.15, -0.1) is 0 Å². The predicted molar refractivity (Wildman–Crippen MR) is 144 cm³/mol. The molecule has 9 heteroatoms. The molecule has 2 saturated heterocycles. The quantitative estimate of drug-likeness (QED) is 0.582. The predicted octanol–water partition coefficient (Wildman–Crippen LogP) is 3.03. The number of nitrogens with one attached hydrogen (secondary N) is 1. The van der Waals surface area contributed by atoms with Gasteiger partial charge in [0.2, 0.25) is 5.43 Å². The van der Waals surface area contributed by atoms with E-state index in [0.29, 0.717) is 16.8 Å². The number of aromatic nitrogens is 2. The average molecular weight is 500 g/mol. The lowest BCUT2D eigenvalue weighted by Gasteiger charge is -2.38. The minimum absolute atomic E-state index is 0.137. The van der Waals surface area contributed by atoms with E-state index >= 15 is 0 Å². The number of nitrogens with zero attached hydrogens (tertiary/aromatic N) is 4. The molecule has 6 rings (SSSR count). The highest BCUT2D eigenvalue weighted by atomic mass is 32.1. The lowest BCUT2D eigenvalue weighted by Crippen LogP contribution is -2.49. The number of pyridine rings is 1. The van der Waals surface area contributed by atoms with Crippen LogP contribution in [0.1, 0.15) is 38.3 Å². The second kappa shape index (κ2) is 10.4. The molecule has 0 radical (unpaired) electrons. The Bertz CT molecular complexity index is 1290. The number of aromatic amines is 1. The van der Waals surface area contributed by atoms with Gasteiger partial charge in [0.05, 0.1) is 18.7 Å². The van der Waals surface area contributed by atoms with Crippen molar-refractivity contribution in [3.63, 3.8) is 0 Å². The first-order valence-corrected chi connectivity index (χ1v) is 13.9. The van der Waals surface area contributed by atoms with Crippen molar-refractivity contribution in [1.82, 2.24) is 18.7 Å². The van der Waals surface area contributed by atoms with E-state index in [-0.39, 0.29) is 11.0 Å². The number of piperazine rings is 1. The van der Waals surface area contributed by atoms with Crippen LogP contribution in [0.3, 0.4) is 0 Å². The molecule has 3 aliphatic rings. The smallest absolute Gasteiger partial charge is 0.271 e. The van der Waals surface area contributed by atoms with E-state index in [1.165, 1.54) is 17.2 Å². The van der Waals surface area contributed by atoms with Crippen LogP contribution < -0.4 is 15.9 Å². The molecule has 1 aliphatic carbocycles.